The van der Waals surface area contributed by atoms with Crippen LogP contribution in [0.25, 0.3) is 6.08 Å². The lowest BCUT2D eigenvalue weighted by atomic mass is 10.1. The number of aromatic carboxylic acids is 1. The Morgan fingerprint density at radius 2 is 1.83 bits per heavy atom. The third-order valence-electron chi connectivity index (χ3n) is 3.72. The van der Waals surface area contributed by atoms with Gasteiger partial charge in [-0.2, -0.15) is 0 Å². The number of hydrogen-bond acceptors (Lipinski definition) is 5. The number of carboxylic acids is 2. The van der Waals surface area contributed by atoms with Crippen molar-refractivity contribution in [3.05, 3.63) is 77.9 Å². The lowest BCUT2D eigenvalue weighted by molar-refractivity contribution is -0.137. The molecule has 0 bridgehead atoms. The molecular weight excluding hydrogens is 376 g/mol. The highest BCUT2D eigenvalue weighted by molar-refractivity contribution is 6.08. The Morgan fingerprint density at radius 3 is 2.52 bits per heavy atom. The van der Waals surface area contributed by atoms with Gasteiger partial charge in [-0.05, 0) is 35.9 Å². The van der Waals surface area contributed by atoms with Crippen molar-refractivity contribution in [3.63, 3.8) is 0 Å². The maximum absolute atomic E-state index is 12.6. The van der Waals surface area contributed by atoms with Crippen molar-refractivity contribution in [1.82, 2.24) is 0 Å². The van der Waals surface area contributed by atoms with Crippen molar-refractivity contribution < 1.29 is 34.1 Å². The van der Waals surface area contributed by atoms with Crippen LogP contribution in [0.3, 0.4) is 0 Å². The van der Waals surface area contributed by atoms with Crippen molar-refractivity contribution in [2.45, 2.75) is 6.42 Å². The molecule has 2 rings (SSSR count). The average Bonchev–Trinajstić information content (AvgIpc) is 2.70. The molecule has 0 aliphatic rings. The molecule has 29 heavy (non-hydrogen) atoms. The molecule has 2 aromatic carbocycles. The molecule has 0 unspecified atom stereocenters. The molecule has 7 nitrogen and oxygen atoms in total. The van der Waals surface area contributed by atoms with Crippen LogP contribution in [0, 0.1) is 0 Å². The van der Waals surface area contributed by atoms with Crippen molar-refractivity contribution in [3.8, 4) is 11.5 Å². The second-order valence-corrected chi connectivity index (χ2v) is 5.88. The van der Waals surface area contributed by atoms with E-state index in [0.29, 0.717) is 11.3 Å². The quantitative estimate of drug-likeness (QED) is 0.338. The normalized spacial score (nSPS) is 10.5. The molecule has 0 spiro atoms. The first kappa shape index (κ1) is 21.4. The molecule has 0 amide bonds. The van der Waals surface area contributed by atoms with Gasteiger partial charge in [0, 0.05) is 6.07 Å². The van der Waals surface area contributed by atoms with Gasteiger partial charge >= 0.3 is 11.9 Å². The number of allylic oxidation sites excluding steroid dienone is 1. The van der Waals surface area contributed by atoms with E-state index in [1.807, 2.05) is 0 Å². The maximum atomic E-state index is 12.6. The number of rotatable bonds is 11. The van der Waals surface area contributed by atoms with Crippen molar-refractivity contribution in [2.75, 3.05) is 13.2 Å². The molecule has 0 fully saturated rings. The fraction of sp³-hybridized carbons (Fsp3) is 0.136. The lowest BCUT2D eigenvalue weighted by Gasteiger charge is -2.11. The van der Waals surface area contributed by atoms with Gasteiger partial charge in [0.15, 0.2) is 5.78 Å². The van der Waals surface area contributed by atoms with Crippen molar-refractivity contribution in [2.24, 2.45) is 0 Å². The van der Waals surface area contributed by atoms with Crippen LogP contribution in [0.15, 0.2) is 61.2 Å². The van der Waals surface area contributed by atoms with Gasteiger partial charge in [-0.3, -0.25) is 9.59 Å². The molecule has 0 aliphatic heterocycles. The van der Waals surface area contributed by atoms with Crippen LogP contribution in [0.5, 0.6) is 11.5 Å². The number of aliphatic carboxylic acids is 1. The van der Waals surface area contributed by atoms with Gasteiger partial charge in [0.25, 0.3) is 0 Å². The minimum Gasteiger partial charge on any atom is -0.492 e. The highest BCUT2D eigenvalue weighted by Gasteiger charge is 2.13. The summed E-state index contributed by atoms with van der Waals surface area (Å²) in [5.74, 6) is -1.82. The Kier molecular flexibility index (Phi) is 7.73. The first-order valence-corrected chi connectivity index (χ1v) is 8.69. The average molecular weight is 396 g/mol. The summed E-state index contributed by atoms with van der Waals surface area (Å²) in [6, 6.07) is 10.8. The van der Waals surface area contributed by atoms with E-state index in [2.05, 4.69) is 6.58 Å². The summed E-state index contributed by atoms with van der Waals surface area (Å²) in [5, 5.41) is 17.8. The molecular formula is C22H20O7. The molecule has 0 atom stereocenters. The Morgan fingerprint density at radius 1 is 1.03 bits per heavy atom. The summed E-state index contributed by atoms with van der Waals surface area (Å²) in [6.07, 6.45) is 4.14. The standard InChI is InChI=1S/C22H20O7/c1-2-11-28-17-7-8-18(20(14-17)29-12-10-21(24)25)19(23)9-6-15-4-3-5-16(13-15)22(26)27/h2-9,13-14H,1,10-12H2,(H,24,25)(H,26,27). The van der Waals surface area contributed by atoms with Crippen LogP contribution in [0.4, 0.5) is 0 Å². The number of carbonyl (C=O) groups excluding carboxylic acids is 1. The fourth-order valence-corrected chi connectivity index (χ4v) is 2.36. The van der Waals surface area contributed by atoms with E-state index in [-0.39, 0.29) is 42.3 Å². The Hall–Kier alpha value is -3.87. The van der Waals surface area contributed by atoms with E-state index in [1.54, 1.807) is 24.3 Å². The maximum Gasteiger partial charge on any atom is 0.335 e. The zero-order valence-corrected chi connectivity index (χ0v) is 15.5. The van der Waals surface area contributed by atoms with E-state index in [0.717, 1.165) is 0 Å². The molecule has 0 aromatic heterocycles. The van der Waals surface area contributed by atoms with E-state index in [9.17, 15) is 14.4 Å². The number of ether oxygens (including phenoxy) is 2. The Bertz CT molecular complexity index is 944. The highest BCUT2D eigenvalue weighted by atomic mass is 16.5. The molecule has 0 saturated heterocycles. The smallest absolute Gasteiger partial charge is 0.335 e. The summed E-state index contributed by atoms with van der Waals surface area (Å²) >= 11 is 0. The van der Waals surface area contributed by atoms with Crippen LogP contribution < -0.4 is 9.47 Å². The molecule has 0 aliphatic carbocycles. The fourth-order valence-electron chi connectivity index (χ4n) is 2.36. The summed E-state index contributed by atoms with van der Waals surface area (Å²) in [5.41, 5.74) is 0.894. The topological polar surface area (TPSA) is 110 Å². The van der Waals surface area contributed by atoms with Crippen molar-refractivity contribution in [1.29, 1.82) is 0 Å². The van der Waals surface area contributed by atoms with E-state index >= 15 is 0 Å². The van der Waals surface area contributed by atoms with Crippen LogP contribution in [-0.4, -0.2) is 41.1 Å². The second kappa shape index (κ2) is 10.5. The zero-order chi connectivity index (χ0) is 21.2. The summed E-state index contributed by atoms with van der Waals surface area (Å²) in [6.45, 7) is 3.72. The minimum absolute atomic E-state index is 0.106. The highest BCUT2D eigenvalue weighted by Crippen LogP contribution is 2.26. The monoisotopic (exact) mass is 396 g/mol. The molecule has 2 N–H and O–H groups in total. The van der Waals surface area contributed by atoms with E-state index < -0.39 is 11.9 Å². The number of carbonyl (C=O) groups is 3. The molecule has 2 aromatic rings. The third kappa shape index (κ3) is 6.66. The van der Waals surface area contributed by atoms with Crippen LogP contribution in [-0.2, 0) is 4.79 Å². The van der Waals surface area contributed by atoms with Gasteiger partial charge in [-0.25, -0.2) is 4.79 Å². The largest absolute Gasteiger partial charge is 0.492 e. The van der Waals surface area contributed by atoms with Gasteiger partial charge in [-0.1, -0.05) is 30.9 Å². The van der Waals surface area contributed by atoms with Gasteiger partial charge in [-0.15, -0.1) is 0 Å². The number of benzene rings is 2. The van der Waals surface area contributed by atoms with Crippen LogP contribution in [0.2, 0.25) is 0 Å². The predicted molar refractivity (Wildman–Crippen MR) is 107 cm³/mol. The predicted octanol–water partition coefficient (Wildman–Crippen LogP) is 3.70. The second-order valence-electron chi connectivity index (χ2n) is 5.88. The van der Waals surface area contributed by atoms with Crippen LogP contribution in [0.1, 0.15) is 32.7 Å². The summed E-state index contributed by atoms with van der Waals surface area (Å²) < 4.78 is 10.9. The summed E-state index contributed by atoms with van der Waals surface area (Å²) in [7, 11) is 0. The van der Waals surface area contributed by atoms with E-state index in [1.165, 1.54) is 36.4 Å². The SMILES string of the molecule is C=CCOc1ccc(C(=O)C=Cc2cccc(C(=O)O)c2)c(OCCC(=O)O)c1. The minimum atomic E-state index is -1.06. The third-order valence-corrected chi connectivity index (χ3v) is 3.72. The Balaban J connectivity index is 2.24. The Labute approximate surface area is 167 Å². The van der Waals surface area contributed by atoms with Gasteiger partial charge in [0.2, 0.25) is 0 Å². The van der Waals surface area contributed by atoms with Gasteiger partial charge in [0.05, 0.1) is 24.2 Å². The molecule has 150 valence electrons. The van der Waals surface area contributed by atoms with Gasteiger partial charge < -0.3 is 19.7 Å². The summed E-state index contributed by atoms with van der Waals surface area (Å²) in [4.78, 5) is 34.4. The molecule has 0 heterocycles. The number of ketones is 1. The first-order chi connectivity index (χ1) is 13.9. The lowest BCUT2D eigenvalue weighted by Crippen LogP contribution is -2.08. The molecule has 7 heteroatoms. The van der Waals surface area contributed by atoms with Gasteiger partial charge in [0.1, 0.15) is 18.1 Å². The number of hydrogen-bond donors (Lipinski definition) is 2. The van der Waals surface area contributed by atoms with Crippen molar-refractivity contribution >= 4 is 23.8 Å². The zero-order valence-electron chi connectivity index (χ0n) is 15.5. The molecule has 0 saturated carbocycles. The first-order valence-electron chi connectivity index (χ1n) is 8.69. The van der Waals surface area contributed by atoms with E-state index in [4.69, 9.17) is 19.7 Å². The van der Waals surface area contributed by atoms with Crippen LogP contribution >= 0.6 is 0 Å². The number of carboxylic acid groups (broad SMARTS) is 2. The molecule has 0 radical (unpaired) electrons.